The van der Waals surface area contributed by atoms with Crippen LogP contribution in [-0.2, 0) is 9.59 Å². The molecule has 2 amide bonds. The predicted octanol–water partition coefficient (Wildman–Crippen LogP) is 1.86. The number of hydrogen-bond acceptors (Lipinski definition) is 3. The van der Waals surface area contributed by atoms with Gasteiger partial charge in [0.05, 0.1) is 0 Å². The minimum absolute atomic E-state index is 0.123. The zero-order valence-electron chi connectivity index (χ0n) is 9.64. The highest BCUT2D eigenvalue weighted by Crippen LogP contribution is 2.31. The van der Waals surface area contributed by atoms with Crippen LogP contribution < -0.4 is 0 Å². The molecule has 6 heteroatoms. The number of imide groups is 1. The Morgan fingerprint density at radius 2 is 1.94 bits per heavy atom. The summed E-state index contributed by atoms with van der Waals surface area (Å²) < 4.78 is 0. The summed E-state index contributed by atoms with van der Waals surface area (Å²) >= 11 is 0. The Morgan fingerprint density at radius 3 is 2.44 bits per heavy atom. The topological polar surface area (TPSA) is 86.1 Å². The first-order valence-electron chi connectivity index (χ1n) is 5.30. The van der Waals surface area contributed by atoms with Gasteiger partial charge < -0.3 is 0 Å². The average Bonchev–Trinajstić information content (AvgIpc) is 2.13. The monoisotopic (exact) mass is 224 g/mol. The number of hydrogen-bond donors (Lipinski definition) is 0. The van der Waals surface area contributed by atoms with Crippen LogP contribution in [0.25, 0.3) is 10.4 Å². The molecule has 0 unspecified atom stereocenters. The minimum atomic E-state index is -0.227. The second-order valence-electron chi connectivity index (χ2n) is 4.76. The molecule has 1 rings (SSSR count). The Morgan fingerprint density at radius 1 is 1.38 bits per heavy atom. The lowest BCUT2D eigenvalue weighted by molar-refractivity contribution is -0.152. The molecule has 1 saturated heterocycles. The van der Waals surface area contributed by atoms with Gasteiger partial charge in [0.1, 0.15) is 0 Å². The van der Waals surface area contributed by atoms with E-state index < -0.39 is 0 Å². The first kappa shape index (κ1) is 12.5. The van der Waals surface area contributed by atoms with Crippen molar-refractivity contribution in [1.82, 2.24) is 4.90 Å². The molecule has 0 saturated carbocycles. The fourth-order valence-electron chi connectivity index (χ4n) is 1.80. The highest BCUT2D eigenvalue weighted by atomic mass is 16.2. The molecule has 0 aromatic heterocycles. The number of carbonyl (C=O) groups is 2. The summed E-state index contributed by atoms with van der Waals surface area (Å²) in [6.07, 6.45) is 1.34. The van der Waals surface area contributed by atoms with Crippen LogP contribution in [0.4, 0.5) is 0 Å². The number of carbonyl (C=O) groups excluding carboxylic acids is 2. The average molecular weight is 224 g/mol. The first-order valence-corrected chi connectivity index (χ1v) is 5.30. The van der Waals surface area contributed by atoms with Gasteiger partial charge in [-0.3, -0.25) is 14.5 Å². The van der Waals surface area contributed by atoms with Gasteiger partial charge in [-0.15, -0.1) is 0 Å². The maximum atomic E-state index is 11.7. The molecular formula is C10H16N4O2. The van der Waals surface area contributed by atoms with E-state index in [1.165, 1.54) is 4.90 Å². The minimum Gasteiger partial charge on any atom is -0.283 e. The predicted molar refractivity (Wildman–Crippen MR) is 58.4 cm³/mol. The smallest absolute Gasteiger partial charge is 0.229 e. The van der Waals surface area contributed by atoms with Crippen LogP contribution >= 0.6 is 0 Å². The molecule has 0 N–H and O–H groups in total. The number of piperidine rings is 1. The SMILES string of the molecule is CC1(C)CC(=O)N(CCCN=[N+]=[N-])C(=O)C1. The van der Waals surface area contributed by atoms with Gasteiger partial charge in [-0.1, -0.05) is 19.0 Å². The Kier molecular flexibility index (Phi) is 3.90. The summed E-state index contributed by atoms with van der Waals surface area (Å²) in [4.78, 5) is 27.3. The van der Waals surface area contributed by atoms with Gasteiger partial charge in [0.2, 0.25) is 11.8 Å². The Hall–Kier alpha value is -1.55. The summed E-state index contributed by atoms with van der Waals surface area (Å²) in [5, 5.41) is 3.37. The summed E-state index contributed by atoms with van der Waals surface area (Å²) in [5.41, 5.74) is 7.86. The molecule has 0 aromatic carbocycles. The van der Waals surface area contributed by atoms with Crippen LogP contribution in [0, 0.1) is 5.41 Å². The van der Waals surface area contributed by atoms with Crippen molar-refractivity contribution < 1.29 is 9.59 Å². The van der Waals surface area contributed by atoms with Gasteiger partial charge in [-0.25, -0.2) is 0 Å². The Labute approximate surface area is 94.2 Å². The molecule has 0 aliphatic carbocycles. The van der Waals surface area contributed by atoms with Crippen molar-refractivity contribution in [2.75, 3.05) is 13.1 Å². The molecule has 0 atom stereocenters. The number of rotatable bonds is 4. The lowest BCUT2D eigenvalue weighted by Crippen LogP contribution is -2.46. The van der Waals surface area contributed by atoms with Crippen LogP contribution in [0.15, 0.2) is 5.11 Å². The molecule has 88 valence electrons. The third-order valence-corrected chi connectivity index (χ3v) is 2.56. The van der Waals surface area contributed by atoms with E-state index in [0.717, 1.165) is 0 Å². The van der Waals surface area contributed by atoms with Crippen molar-refractivity contribution in [2.45, 2.75) is 33.1 Å². The van der Waals surface area contributed by atoms with Crippen LogP contribution in [-0.4, -0.2) is 29.8 Å². The molecule has 16 heavy (non-hydrogen) atoms. The van der Waals surface area contributed by atoms with Gasteiger partial charge in [0.25, 0.3) is 0 Å². The van der Waals surface area contributed by atoms with Gasteiger partial charge in [0, 0.05) is 30.8 Å². The molecule has 0 aromatic rings. The number of azide groups is 1. The quantitative estimate of drug-likeness (QED) is 0.240. The zero-order valence-corrected chi connectivity index (χ0v) is 9.64. The van der Waals surface area contributed by atoms with Crippen molar-refractivity contribution in [3.05, 3.63) is 10.4 Å². The molecule has 1 aliphatic heterocycles. The van der Waals surface area contributed by atoms with Crippen LogP contribution in [0.1, 0.15) is 33.1 Å². The fraction of sp³-hybridized carbons (Fsp3) is 0.800. The molecule has 1 heterocycles. The van der Waals surface area contributed by atoms with E-state index in [4.69, 9.17) is 5.53 Å². The Balaban J connectivity index is 2.51. The second-order valence-corrected chi connectivity index (χ2v) is 4.76. The van der Waals surface area contributed by atoms with E-state index in [2.05, 4.69) is 10.0 Å². The van der Waals surface area contributed by atoms with Crippen LogP contribution in [0.3, 0.4) is 0 Å². The van der Waals surface area contributed by atoms with Gasteiger partial charge >= 0.3 is 0 Å². The largest absolute Gasteiger partial charge is 0.283 e. The van der Waals surface area contributed by atoms with Crippen molar-refractivity contribution >= 4 is 11.8 Å². The number of likely N-dealkylation sites (tertiary alicyclic amines) is 1. The number of amides is 2. The van der Waals surface area contributed by atoms with Gasteiger partial charge in [-0.2, -0.15) is 0 Å². The lowest BCUT2D eigenvalue weighted by Gasteiger charge is -2.34. The molecule has 1 aliphatic rings. The first-order chi connectivity index (χ1) is 7.46. The van der Waals surface area contributed by atoms with E-state index >= 15 is 0 Å². The highest BCUT2D eigenvalue weighted by molar-refractivity contribution is 5.98. The molecule has 1 fully saturated rings. The lowest BCUT2D eigenvalue weighted by atomic mass is 9.82. The van der Waals surface area contributed by atoms with E-state index in [1.807, 2.05) is 13.8 Å². The van der Waals surface area contributed by atoms with Gasteiger partial charge in [0.15, 0.2) is 0 Å². The molecule has 0 spiro atoms. The molecule has 0 bridgehead atoms. The third-order valence-electron chi connectivity index (χ3n) is 2.56. The van der Waals surface area contributed by atoms with Crippen LogP contribution in [0.5, 0.6) is 0 Å². The van der Waals surface area contributed by atoms with Crippen LogP contribution in [0.2, 0.25) is 0 Å². The van der Waals surface area contributed by atoms with E-state index in [9.17, 15) is 9.59 Å². The second kappa shape index (κ2) is 4.99. The van der Waals surface area contributed by atoms with E-state index in [-0.39, 0.29) is 17.2 Å². The maximum absolute atomic E-state index is 11.7. The standard InChI is InChI=1S/C10H16N4O2/c1-10(2)6-8(15)14(9(16)7-10)5-3-4-12-13-11/h3-7H2,1-2H3. The van der Waals surface area contributed by atoms with Crippen molar-refractivity contribution in [1.29, 1.82) is 0 Å². The van der Waals surface area contributed by atoms with E-state index in [1.54, 1.807) is 0 Å². The Bertz CT molecular complexity index is 325. The number of nitrogens with zero attached hydrogens (tertiary/aromatic N) is 4. The normalized spacial score (nSPS) is 19.5. The van der Waals surface area contributed by atoms with Crippen molar-refractivity contribution in [2.24, 2.45) is 10.5 Å². The third kappa shape index (κ3) is 3.24. The zero-order chi connectivity index (χ0) is 12.2. The summed E-state index contributed by atoms with van der Waals surface area (Å²) in [6.45, 7) is 4.50. The summed E-state index contributed by atoms with van der Waals surface area (Å²) in [7, 11) is 0. The molecule has 0 radical (unpaired) electrons. The van der Waals surface area contributed by atoms with Gasteiger partial charge in [-0.05, 0) is 17.4 Å². The molecular weight excluding hydrogens is 208 g/mol. The van der Waals surface area contributed by atoms with E-state index in [0.29, 0.717) is 32.4 Å². The summed E-state index contributed by atoms with van der Waals surface area (Å²) in [6, 6.07) is 0. The highest BCUT2D eigenvalue weighted by Gasteiger charge is 2.36. The van der Waals surface area contributed by atoms with Crippen molar-refractivity contribution in [3.63, 3.8) is 0 Å². The summed E-state index contributed by atoms with van der Waals surface area (Å²) in [5.74, 6) is -0.246. The van der Waals surface area contributed by atoms with Crippen molar-refractivity contribution in [3.8, 4) is 0 Å². The maximum Gasteiger partial charge on any atom is 0.229 e. The fourth-order valence-corrected chi connectivity index (χ4v) is 1.80. The molecule has 6 nitrogen and oxygen atoms in total.